The van der Waals surface area contributed by atoms with Gasteiger partial charge in [-0.25, -0.2) is 0 Å². The van der Waals surface area contributed by atoms with Gasteiger partial charge in [0.25, 0.3) is 5.91 Å². The molecule has 1 N–H and O–H groups in total. The Labute approximate surface area is 183 Å². The highest BCUT2D eigenvalue weighted by atomic mass is 16.5. The van der Waals surface area contributed by atoms with E-state index in [0.717, 1.165) is 56.4 Å². The maximum Gasteiger partial charge on any atom is 0.271 e. The van der Waals surface area contributed by atoms with Crippen LogP contribution in [-0.4, -0.2) is 52.1 Å². The standard InChI is InChI=1S/C24H33N3O4/c1-16-12-19-21(31-16)13-20-22(28)27(14-18-10-7-11-30-18)24(2,15-26(19)20)23(29)25-17-8-5-3-4-6-9-17/h12-13,17-18H,3-11,14-15H2,1-2H3,(H,25,29). The van der Waals surface area contributed by atoms with Gasteiger partial charge >= 0.3 is 0 Å². The summed E-state index contributed by atoms with van der Waals surface area (Å²) >= 11 is 0. The van der Waals surface area contributed by atoms with Crippen LogP contribution < -0.4 is 5.32 Å². The lowest BCUT2D eigenvalue weighted by Gasteiger charge is -2.45. The predicted octanol–water partition coefficient (Wildman–Crippen LogP) is 3.78. The molecule has 1 aliphatic carbocycles. The Morgan fingerprint density at radius 1 is 1.16 bits per heavy atom. The molecule has 2 amide bonds. The minimum absolute atomic E-state index is 0.0132. The highest BCUT2D eigenvalue weighted by Gasteiger charge is 2.49. The molecule has 5 rings (SSSR count). The van der Waals surface area contributed by atoms with Crippen LogP contribution in [0.5, 0.6) is 0 Å². The van der Waals surface area contributed by atoms with Crippen molar-refractivity contribution in [3.8, 4) is 0 Å². The number of nitrogens with zero attached hydrogens (tertiary/aromatic N) is 2. The number of furan rings is 1. The van der Waals surface area contributed by atoms with E-state index in [9.17, 15) is 9.59 Å². The van der Waals surface area contributed by atoms with Gasteiger partial charge in [-0.1, -0.05) is 25.7 Å². The number of nitrogens with one attached hydrogen (secondary N) is 1. The van der Waals surface area contributed by atoms with Crippen molar-refractivity contribution < 1.29 is 18.7 Å². The monoisotopic (exact) mass is 427 g/mol. The third-order valence-electron chi connectivity index (χ3n) is 7.33. The normalized spacial score (nSPS) is 27.5. The van der Waals surface area contributed by atoms with Gasteiger partial charge < -0.3 is 23.9 Å². The van der Waals surface area contributed by atoms with Crippen molar-refractivity contribution >= 4 is 22.9 Å². The van der Waals surface area contributed by atoms with Gasteiger partial charge in [0, 0.05) is 31.3 Å². The molecular formula is C24H33N3O4. The molecule has 1 saturated carbocycles. The topological polar surface area (TPSA) is 76.7 Å². The van der Waals surface area contributed by atoms with E-state index in [1.54, 1.807) is 4.90 Å². The number of hydrogen-bond donors (Lipinski definition) is 1. The average molecular weight is 428 g/mol. The summed E-state index contributed by atoms with van der Waals surface area (Å²) in [5, 5.41) is 3.31. The number of fused-ring (bicyclic) bond motifs is 3. The number of carbonyl (C=O) groups excluding carboxylic acids is 2. The van der Waals surface area contributed by atoms with Crippen LogP contribution in [-0.2, 0) is 16.1 Å². The number of ether oxygens (including phenoxy) is 1. The SMILES string of the molecule is Cc1cc2c(cc3n2CC(C)(C(=O)NC2CCCCCC2)N(CC2CCCO2)C3=O)o1. The van der Waals surface area contributed by atoms with Crippen LogP contribution in [0.4, 0.5) is 0 Å². The lowest BCUT2D eigenvalue weighted by molar-refractivity contribution is -0.134. The summed E-state index contributed by atoms with van der Waals surface area (Å²) in [5.41, 5.74) is 1.20. The van der Waals surface area contributed by atoms with E-state index >= 15 is 0 Å². The van der Waals surface area contributed by atoms with Gasteiger partial charge in [-0.3, -0.25) is 9.59 Å². The largest absolute Gasteiger partial charge is 0.460 e. The molecule has 2 fully saturated rings. The Morgan fingerprint density at radius 3 is 2.65 bits per heavy atom. The van der Waals surface area contributed by atoms with E-state index in [-0.39, 0.29) is 24.0 Å². The number of hydrogen-bond acceptors (Lipinski definition) is 4. The van der Waals surface area contributed by atoms with Crippen LogP contribution >= 0.6 is 0 Å². The molecule has 0 radical (unpaired) electrons. The van der Waals surface area contributed by atoms with Gasteiger partial charge in [0.2, 0.25) is 5.91 Å². The Morgan fingerprint density at radius 2 is 1.94 bits per heavy atom. The van der Waals surface area contributed by atoms with Crippen LogP contribution in [0.1, 0.15) is 74.5 Å². The molecule has 168 valence electrons. The molecule has 7 nitrogen and oxygen atoms in total. The zero-order valence-electron chi connectivity index (χ0n) is 18.6. The molecule has 2 unspecified atom stereocenters. The van der Waals surface area contributed by atoms with E-state index in [0.29, 0.717) is 24.4 Å². The van der Waals surface area contributed by atoms with Crippen LogP contribution in [0.25, 0.3) is 11.1 Å². The lowest BCUT2D eigenvalue weighted by atomic mass is 9.93. The second-order valence-corrected chi connectivity index (χ2v) is 9.71. The van der Waals surface area contributed by atoms with Crippen molar-refractivity contribution in [3.05, 3.63) is 23.6 Å². The first-order valence-electron chi connectivity index (χ1n) is 11.8. The number of aryl methyl sites for hydroxylation is 1. The van der Waals surface area contributed by atoms with Crippen LogP contribution in [0.2, 0.25) is 0 Å². The highest BCUT2D eigenvalue weighted by Crippen LogP contribution is 2.35. The zero-order chi connectivity index (χ0) is 21.6. The molecule has 31 heavy (non-hydrogen) atoms. The van der Waals surface area contributed by atoms with Gasteiger partial charge in [-0.15, -0.1) is 0 Å². The summed E-state index contributed by atoms with van der Waals surface area (Å²) in [6.07, 6.45) is 8.71. The molecule has 2 atom stereocenters. The second kappa shape index (κ2) is 8.01. The lowest BCUT2D eigenvalue weighted by Crippen LogP contribution is -2.66. The van der Waals surface area contributed by atoms with Crippen molar-refractivity contribution in [2.24, 2.45) is 0 Å². The van der Waals surface area contributed by atoms with Crippen molar-refractivity contribution in [1.82, 2.24) is 14.8 Å². The third kappa shape index (κ3) is 3.67. The Hall–Kier alpha value is -2.28. The van der Waals surface area contributed by atoms with Gasteiger partial charge in [0.05, 0.1) is 18.2 Å². The smallest absolute Gasteiger partial charge is 0.271 e. The van der Waals surface area contributed by atoms with Crippen LogP contribution in [0, 0.1) is 6.92 Å². The first-order valence-corrected chi connectivity index (χ1v) is 11.8. The molecule has 3 aliphatic rings. The van der Waals surface area contributed by atoms with Crippen molar-refractivity contribution in [2.75, 3.05) is 13.2 Å². The predicted molar refractivity (Wildman–Crippen MR) is 117 cm³/mol. The Kier molecular flexibility index (Phi) is 5.32. The first kappa shape index (κ1) is 20.6. The average Bonchev–Trinajstić information content (AvgIpc) is 3.39. The van der Waals surface area contributed by atoms with Gasteiger partial charge in [0.1, 0.15) is 17.0 Å². The number of rotatable bonds is 4. The highest BCUT2D eigenvalue weighted by molar-refractivity contribution is 6.03. The first-order chi connectivity index (χ1) is 15.0. The summed E-state index contributed by atoms with van der Waals surface area (Å²) in [4.78, 5) is 29.1. The molecule has 0 spiro atoms. The van der Waals surface area contributed by atoms with Crippen molar-refractivity contribution in [1.29, 1.82) is 0 Å². The molecular weight excluding hydrogens is 394 g/mol. The quantitative estimate of drug-likeness (QED) is 0.754. The van der Waals surface area contributed by atoms with E-state index in [2.05, 4.69) is 5.32 Å². The minimum Gasteiger partial charge on any atom is -0.460 e. The van der Waals surface area contributed by atoms with E-state index in [4.69, 9.17) is 9.15 Å². The van der Waals surface area contributed by atoms with Crippen LogP contribution in [0.15, 0.2) is 16.5 Å². The Bertz CT molecular complexity index is 979. The molecule has 4 heterocycles. The maximum absolute atomic E-state index is 13.7. The van der Waals surface area contributed by atoms with Gasteiger partial charge in [0.15, 0.2) is 5.58 Å². The van der Waals surface area contributed by atoms with Crippen LogP contribution in [0.3, 0.4) is 0 Å². The summed E-state index contributed by atoms with van der Waals surface area (Å²) in [5.74, 6) is 0.627. The minimum atomic E-state index is -0.973. The number of aromatic nitrogens is 1. The zero-order valence-corrected chi connectivity index (χ0v) is 18.6. The molecule has 7 heteroatoms. The van der Waals surface area contributed by atoms with E-state index < -0.39 is 5.54 Å². The molecule has 1 saturated heterocycles. The third-order valence-corrected chi connectivity index (χ3v) is 7.33. The number of amides is 2. The fraction of sp³-hybridized carbons (Fsp3) is 0.667. The molecule has 2 aromatic rings. The summed E-state index contributed by atoms with van der Waals surface area (Å²) < 4.78 is 13.6. The number of carbonyl (C=O) groups is 2. The van der Waals surface area contributed by atoms with E-state index in [1.165, 1.54) is 12.8 Å². The fourth-order valence-electron chi connectivity index (χ4n) is 5.50. The fourth-order valence-corrected chi connectivity index (χ4v) is 5.50. The molecule has 0 aromatic carbocycles. The summed E-state index contributed by atoms with van der Waals surface area (Å²) in [7, 11) is 0. The molecule has 2 aromatic heterocycles. The van der Waals surface area contributed by atoms with Crippen molar-refractivity contribution in [3.63, 3.8) is 0 Å². The maximum atomic E-state index is 13.7. The van der Waals surface area contributed by atoms with E-state index in [1.807, 2.05) is 30.5 Å². The Balaban J connectivity index is 1.49. The summed E-state index contributed by atoms with van der Waals surface area (Å²) in [6, 6.07) is 3.95. The summed E-state index contributed by atoms with van der Waals surface area (Å²) in [6.45, 7) is 5.40. The molecule has 2 aliphatic heterocycles. The van der Waals surface area contributed by atoms with Gasteiger partial charge in [-0.05, 0) is 39.5 Å². The van der Waals surface area contributed by atoms with Gasteiger partial charge in [-0.2, -0.15) is 0 Å². The second-order valence-electron chi connectivity index (χ2n) is 9.71. The molecule has 0 bridgehead atoms. The van der Waals surface area contributed by atoms with Crippen molar-refractivity contribution in [2.45, 2.75) is 89.4 Å².